The Morgan fingerprint density at radius 1 is 1.00 bits per heavy atom. The summed E-state index contributed by atoms with van der Waals surface area (Å²) in [5, 5.41) is 0.643. The van der Waals surface area contributed by atoms with Crippen molar-refractivity contribution in [2.75, 3.05) is 10.5 Å². The number of nitrogen functional groups attached to an aromatic ring is 1. The Kier molecular flexibility index (Phi) is 4.43. The number of hydrogen-bond acceptors (Lipinski definition) is 5. The molecule has 0 spiro atoms. The van der Waals surface area contributed by atoms with E-state index in [0.29, 0.717) is 33.7 Å². The zero-order valence-corrected chi connectivity index (χ0v) is 15.4. The van der Waals surface area contributed by atoms with Crippen LogP contribution < -0.4 is 10.5 Å². The van der Waals surface area contributed by atoms with Crippen molar-refractivity contribution in [1.29, 1.82) is 0 Å². The molecule has 138 valence electrons. The summed E-state index contributed by atoms with van der Waals surface area (Å²) in [5.74, 6) is 6.30. The second-order valence-electron chi connectivity index (χ2n) is 5.93. The highest BCUT2D eigenvalue weighted by atomic mass is 32.2. The van der Waals surface area contributed by atoms with Crippen LogP contribution in [0.3, 0.4) is 0 Å². The van der Waals surface area contributed by atoms with Gasteiger partial charge in [0.2, 0.25) is 0 Å². The van der Waals surface area contributed by atoms with Crippen molar-refractivity contribution in [3.05, 3.63) is 78.2 Å². The van der Waals surface area contributed by atoms with Crippen LogP contribution >= 0.6 is 0 Å². The SMILES string of the molecule is Nc1ncnc2[nH]cc(C#Cc3cccc(S(=O)(=O)Nc4ccccc4)c3)c12. The molecule has 2 aromatic carbocycles. The number of benzene rings is 2. The molecule has 0 bridgehead atoms. The second kappa shape index (κ2) is 7.06. The number of H-pyrrole nitrogens is 1. The molecule has 4 N–H and O–H groups in total. The van der Waals surface area contributed by atoms with Crippen molar-refractivity contribution >= 4 is 32.6 Å². The minimum absolute atomic E-state index is 0.130. The normalized spacial score (nSPS) is 11.0. The monoisotopic (exact) mass is 389 g/mol. The van der Waals surface area contributed by atoms with Gasteiger partial charge in [-0.05, 0) is 30.3 Å². The summed E-state index contributed by atoms with van der Waals surface area (Å²) in [7, 11) is -3.71. The number of nitrogens with two attached hydrogens (primary N) is 1. The van der Waals surface area contributed by atoms with Crippen molar-refractivity contribution < 1.29 is 8.42 Å². The fourth-order valence-electron chi connectivity index (χ4n) is 2.69. The van der Waals surface area contributed by atoms with Crippen LogP contribution in [0.15, 0.2) is 72.0 Å². The maximum absolute atomic E-state index is 12.6. The molecular weight excluding hydrogens is 374 g/mol. The highest BCUT2D eigenvalue weighted by Crippen LogP contribution is 2.20. The van der Waals surface area contributed by atoms with Crippen LogP contribution in [-0.2, 0) is 10.0 Å². The average Bonchev–Trinajstić information content (AvgIpc) is 3.12. The maximum atomic E-state index is 12.6. The molecule has 0 atom stereocenters. The third kappa shape index (κ3) is 3.51. The summed E-state index contributed by atoms with van der Waals surface area (Å²) in [6, 6.07) is 15.1. The molecule has 0 amide bonds. The van der Waals surface area contributed by atoms with E-state index >= 15 is 0 Å². The summed E-state index contributed by atoms with van der Waals surface area (Å²) in [4.78, 5) is 11.2. The highest BCUT2D eigenvalue weighted by molar-refractivity contribution is 7.92. The van der Waals surface area contributed by atoms with Crippen molar-refractivity contribution in [3.8, 4) is 11.8 Å². The van der Waals surface area contributed by atoms with Gasteiger partial charge in [0.25, 0.3) is 10.0 Å². The van der Waals surface area contributed by atoms with E-state index in [1.54, 1.807) is 42.6 Å². The molecule has 0 fully saturated rings. The van der Waals surface area contributed by atoms with Crippen LogP contribution in [0.2, 0.25) is 0 Å². The van der Waals surface area contributed by atoms with E-state index in [4.69, 9.17) is 5.73 Å². The van der Waals surface area contributed by atoms with Gasteiger partial charge in [0.1, 0.15) is 17.8 Å². The summed E-state index contributed by atoms with van der Waals surface area (Å²) in [6.45, 7) is 0. The topological polar surface area (TPSA) is 114 Å². The van der Waals surface area contributed by atoms with E-state index in [1.165, 1.54) is 18.5 Å². The van der Waals surface area contributed by atoms with Gasteiger partial charge >= 0.3 is 0 Å². The lowest BCUT2D eigenvalue weighted by atomic mass is 10.2. The van der Waals surface area contributed by atoms with Gasteiger partial charge in [-0.25, -0.2) is 18.4 Å². The standard InChI is InChI=1S/C20H15N5O2S/c21-19-18-15(12-22-20(18)24-13-23-19)10-9-14-5-4-8-17(11-14)28(26,27)25-16-6-2-1-3-7-16/h1-8,11-13,25H,(H3,21,22,23,24). The average molecular weight is 389 g/mol. The molecule has 0 unspecified atom stereocenters. The molecule has 0 aliphatic heterocycles. The fraction of sp³-hybridized carbons (Fsp3) is 0. The Morgan fingerprint density at radius 3 is 2.64 bits per heavy atom. The Balaban J connectivity index is 1.66. The van der Waals surface area contributed by atoms with Crippen LogP contribution in [0, 0.1) is 11.8 Å². The summed E-state index contributed by atoms with van der Waals surface area (Å²) in [5.41, 5.74) is 8.19. The molecule has 0 aliphatic carbocycles. The Bertz CT molecular complexity index is 1320. The summed E-state index contributed by atoms with van der Waals surface area (Å²) < 4.78 is 27.8. The van der Waals surface area contributed by atoms with Gasteiger partial charge < -0.3 is 10.7 Å². The highest BCUT2D eigenvalue weighted by Gasteiger charge is 2.14. The lowest BCUT2D eigenvalue weighted by Crippen LogP contribution is -2.12. The van der Waals surface area contributed by atoms with E-state index in [2.05, 4.69) is 31.5 Å². The van der Waals surface area contributed by atoms with Crippen molar-refractivity contribution in [3.63, 3.8) is 0 Å². The van der Waals surface area contributed by atoms with Gasteiger partial charge in [-0.15, -0.1) is 0 Å². The molecular formula is C20H15N5O2S. The number of para-hydroxylation sites is 1. The molecule has 0 saturated heterocycles. The first-order chi connectivity index (χ1) is 13.5. The van der Waals surface area contributed by atoms with Crippen molar-refractivity contribution in [1.82, 2.24) is 15.0 Å². The quantitative estimate of drug-likeness (QED) is 0.466. The number of hydrogen-bond donors (Lipinski definition) is 3. The largest absolute Gasteiger partial charge is 0.383 e. The molecule has 4 aromatic rings. The van der Waals surface area contributed by atoms with E-state index in [0.717, 1.165) is 0 Å². The van der Waals surface area contributed by atoms with Crippen LogP contribution in [0.5, 0.6) is 0 Å². The molecule has 8 heteroatoms. The number of anilines is 2. The van der Waals surface area contributed by atoms with E-state index in [-0.39, 0.29) is 4.90 Å². The molecule has 0 saturated carbocycles. The van der Waals surface area contributed by atoms with Crippen molar-refractivity contribution in [2.45, 2.75) is 4.90 Å². The number of nitrogens with zero attached hydrogens (tertiary/aromatic N) is 2. The third-order valence-electron chi connectivity index (χ3n) is 4.01. The molecule has 7 nitrogen and oxygen atoms in total. The number of aromatic nitrogens is 3. The van der Waals surface area contributed by atoms with Gasteiger partial charge in [0.15, 0.2) is 0 Å². The fourth-order valence-corrected chi connectivity index (χ4v) is 3.79. The van der Waals surface area contributed by atoms with Gasteiger partial charge in [-0.3, -0.25) is 4.72 Å². The van der Waals surface area contributed by atoms with Crippen LogP contribution in [0.25, 0.3) is 11.0 Å². The number of rotatable bonds is 3. The first-order valence-corrected chi connectivity index (χ1v) is 9.79. The van der Waals surface area contributed by atoms with Gasteiger partial charge in [-0.2, -0.15) is 0 Å². The van der Waals surface area contributed by atoms with Gasteiger partial charge in [-0.1, -0.05) is 36.1 Å². The van der Waals surface area contributed by atoms with E-state index in [9.17, 15) is 8.42 Å². The molecule has 4 rings (SSSR count). The Labute approximate surface area is 161 Å². The van der Waals surface area contributed by atoms with Gasteiger partial charge in [0, 0.05) is 17.4 Å². The zero-order valence-electron chi connectivity index (χ0n) is 14.5. The van der Waals surface area contributed by atoms with Crippen molar-refractivity contribution in [2.24, 2.45) is 0 Å². The molecule has 0 radical (unpaired) electrons. The maximum Gasteiger partial charge on any atom is 0.261 e. The lowest BCUT2D eigenvalue weighted by molar-refractivity contribution is 0.601. The zero-order chi connectivity index (χ0) is 19.6. The molecule has 2 heterocycles. The number of fused-ring (bicyclic) bond motifs is 1. The Morgan fingerprint density at radius 2 is 1.82 bits per heavy atom. The molecule has 0 aliphatic rings. The summed E-state index contributed by atoms with van der Waals surface area (Å²) in [6.07, 6.45) is 3.07. The first kappa shape index (κ1) is 17.6. The number of nitrogens with one attached hydrogen (secondary N) is 2. The lowest BCUT2D eigenvalue weighted by Gasteiger charge is -2.08. The molecule has 2 aromatic heterocycles. The smallest absolute Gasteiger partial charge is 0.261 e. The predicted molar refractivity (Wildman–Crippen MR) is 108 cm³/mol. The second-order valence-corrected chi connectivity index (χ2v) is 7.62. The van der Waals surface area contributed by atoms with Crippen LogP contribution in [0.4, 0.5) is 11.5 Å². The molecule has 28 heavy (non-hydrogen) atoms. The summed E-state index contributed by atoms with van der Waals surface area (Å²) >= 11 is 0. The van der Waals surface area contributed by atoms with E-state index in [1.807, 2.05) is 6.07 Å². The van der Waals surface area contributed by atoms with Crippen LogP contribution in [-0.4, -0.2) is 23.4 Å². The van der Waals surface area contributed by atoms with Gasteiger partial charge in [0.05, 0.1) is 15.8 Å². The minimum Gasteiger partial charge on any atom is -0.383 e. The van der Waals surface area contributed by atoms with E-state index < -0.39 is 10.0 Å². The number of sulfonamides is 1. The third-order valence-corrected chi connectivity index (χ3v) is 5.39. The van der Waals surface area contributed by atoms with Crippen LogP contribution in [0.1, 0.15) is 11.1 Å². The predicted octanol–water partition coefficient (Wildman–Crippen LogP) is 2.74. The first-order valence-electron chi connectivity index (χ1n) is 8.30. The number of aromatic amines is 1. The Hall–Kier alpha value is -3.83. The minimum atomic E-state index is -3.71.